The van der Waals surface area contributed by atoms with E-state index in [-0.39, 0.29) is 12.7 Å². The Morgan fingerprint density at radius 1 is 1.00 bits per heavy atom. The van der Waals surface area contributed by atoms with E-state index in [1.54, 1.807) is 14.2 Å². The summed E-state index contributed by atoms with van der Waals surface area (Å²) in [7, 11) is 7.13. The van der Waals surface area contributed by atoms with Crippen LogP contribution in [0, 0.1) is 0 Å². The number of ether oxygens (including phenoxy) is 4. The normalized spacial score (nSPS) is 12.0. The summed E-state index contributed by atoms with van der Waals surface area (Å²) in [5.74, 6) is 3.62. The van der Waals surface area contributed by atoms with Crippen molar-refractivity contribution in [2.45, 2.75) is 26.4 Å². The van der Waals surface area contributed by atoms with E-state index in [0.717, 1.165) is 28.1 Å². The Labute approximate surface area is 193 Å². The maximum atomic E-state index is 12.9. The van der Waals surface area contributed by atoms with Gasteiger partial charge < -0.3 is 28.7 Å². The zero-order valence-electron chi connectivity index (χ0n) is 19.7. The number of nitrogens with zero attached hydrogens (tertiary/aromatic N) is 3. The van der Waals surface area contributed by atoms with Gasteiger partial charge in [-0.05, 0) is 35.9 Å². The molecule has 0 bridgehead atoms. The number of hydrogen-bond donors (Lipinski definition) is 0. The van der Waals surface area contributed by atoms with Crippen molar-refractivity contribution >= 4 is 22.6 Å². The van der Waals surface area contributed by atoms with Crippen LogP contribution in [0.5, 0.6) is 23.0 Å². The lowest BCUT2D eigenvalue weighted by atomic mass is 10.1. The van der Waals surface area contributed by atoms with Gasteiger partial charge in [-0.1, -0.05) is 13.0 Å². The van der Waals surface area contributed by atoms with Crippen LogP contribution in [-0.2, 0) is 17.9 Å². The Kier molecular flexibility index (Phi) is 6.44. The molecule has 0 aliphatic carbocycles. The highest BCUT2D eigenvalue weighted by Gasteiger charge is 2.21. The number of benzene rings is 2. The maximum absolute atomic E-state index is 12.9. The van der Waals surface area contributed by atoms with Crippen LogP contribution in [0.4, 0.5) is 5.82 Å². The first kappa shape index (κ1) is 22.5. The summed E-state index contributed by atoms with van der Waals surface area (Å²) in [4.78, 5) is 21.6. The van der Waals surface area contributed by atoms with E-state index in [1.807, 2.05) is 67.2 Å². The maximum Gasteiger partial charge on any atom is 0.231 e. The average Bonchev–Trinajstić information content (AvgIpc) is 3.29. The molecule has 0 unspecified atom stereocenters. The molecule has 33 heavy (non-hydrogen) atoms. The van der Waals surface area contributed by atoms with Crippen LogP contribution in [0.2, 0.25) is 0 Å². The first-order valence-corrected chi connectivity index (χ1v) is 10.8. The van der Waals surface area contributed by atoms with Crippen molar-refractivity contribution in [3.05, 3.63) is 47.5 Å². The van der Waals surface area contributed by atoms with Gasteiger partial charge in [-0.25, -0.2) is 4.98 Å². The number of hydrogen-bond acceptors (Lipinski definition) is 7. The molecule has 0 saturated carbocycles. The van der Waals surface area contributed by atoms with Crippen LogP contribution in [0.25, 0.3) is 10.9 Å². The Hall–Kier alpha value is -3.68. The summed E-state index contributed by atoms with van der Waals surface area (Å²) in [6, 6.07) is 11.5. The van der Waals surface area contributed by atoms with Gasteiger partial charge >= 0.3 is 0 Å². The van der Waals surface area contributed by atoms with Crippen molar-refractivity contribution in [1.82, 2.24) is 9.88 Å². The lowest BCUT2D eigenvalue weighted by Gasteiger charge is -2.26. The van der Waals surface area contributed by atoms with Gasteiger partial charge in [0.25, 0.3) is 0 Å². The number of aromatic nitrogens is 1. The minimum Gasteiger partial charge on any atom is -0.496 e. The molecule has 0 saturated heterocycles. The highest BCUT2D eigenvalue weighted by atomic mass is 16.7. The summed E-state index contributed by atoms with van der Waals surface area (Å²) in [5.41, 5.74) is 2.61. The number of amides is 1. The van der Waals surface area contributed by atoms with Crippen molar-refractivity contribution in [3.8, 4) is 23.0 Å². The number of carbonyl (C=O) groups is 1. The van der Waals surface area contributed by atoms with Gasteiger partial charge in [-0.2, -0.15) is 0 Å². The quantitative estimate of drug-likeness (QED) is 0.513. The van der Waals surface area contributed by atoms with Gasteiger partial charge in [-0.15, -0.1) is 0 Å². The highest BCUT2D eigenvalue weighted by molar-refractivity contribution is 5.92. The van der Waals surface area contributed by atoms with Crippen LogP contribution in [-0.4, -0.2) is 50.9 Å². The fraction of sp³-hybridized carbons (Fsp3) is 0.360. The van der Waals surface area contributed by atoms with E-state index in [9.17, 15) is 4.79 Å². The van der Waals surface area contributed by atoms with Crippen LogP contribution >= 0.6 is 0 Å². The molecule has 0 spiro atoms. The van der Waals surface area contributed by atoms with Crippen molar-refractivity contribution in [1.29, 1.82) is 0 Å². The Morgan fingerprint density at radius 2 is 1.73 bits per heavy atom. The van der Waals surface area contributed by atoms with E-state index < -0.39 is 0 Å². The molecule has 2 heterocycles. The van der Waals surface area contributed by atoms with Gasteiger partial charge in [0.2, 0.25) is 12.7 Å². The second kappa shape index (κ2) is 9.44. The molecule has 8 nitrogen and oxygen atoms in total. The van der Waals surface area contributed by atoms with Crippen molar-refractivity contribution in [3.63, 3.8) is 0 Å². The summed E-state index contributed by atoms with van der Waals surface area (Å²) in [6.07, 6.45) is 0.403. The Balaban J connectivity index is 1.74. The van der Waals surface area contributed by atoms with E-state index in [1.165, 1.54) is 0 Å². The van der Waals surface area contributed by atoms with E-state index in [2.05, 4.69) is 0 Å². The molecule has 0 atom stereocenters. The minimum atomic E-state index is 0.0510. The fourth-order valence-corrected chi connectivity index (χ4v) is 4.01. The van der Waals surface area contributed by atoms with E-state index in [4.69, 9.17) is 23.9 Å². The Morgan fingerprint density at radius 3 is 2.42 bits per heavy atom. The second-order valence-electron chi connectivity index (χ2n) is 8.02. The predicted molar refractivity (Wildman–Crippen MR) is 126 cm³/mol. The number of anilines is 1. The molecule has 0 N–H and O–H groups in total. The predicted octanol–water partition coefficient (Wildman–Crippen LogP) is 3.99. The SMILES string of the molecule is CCC(=O)N(Cc1ccc2c(c1)OCO2)Cc1cc2c(OC)ccc(OC)c2nc1N(C)C. The third-order valence-corrected chi connectivity index (χ3v) is 5.65. The van der Waals surface area contributed by atoms with E-state index in [0.29, 0.717) is 42.3 Å². The molecular weight excluding hydrogens is 422 g/mol. The lowest BCUT2D eigenvalue weighted by Crippen LogP contribution is -2.30. The van der Waals surface area contributed by atoms with Crippen LogP contribution in [0.15, 0.2) is 36.4 Å². The fourth-order valence-electron chi connectivity index (χ4n) is 4.01. The summed E-state index contributed by atoms with van der Waals surface area (Å²) in [5, 5.41) is 0.837. The van der Waals surface area contributed by atoms with Crippen molar-refractivity contribution < 1.29 is 23.7 Å². The monoisotopic (exact) mass is 451 g/mol. The van der Waals surface area contributed by atoms with Gasteiger partial charge in [-0.3, -0.25) is 4.79 Å². The van der Waals surface area contributed by atoms with Gasteiger partial charge in [0.15, 0.2) is 11.5 Å². The molecule has 8 heteroatoms. The topological polar surface area (TPSA) is 73.4 Å². The van der Waals surface area contributed by atoms with Gasteiger partial charge in [0, 0.05) is 44.6 Å². The third-order valence-electron chi connectivity index (χ3n) is 5.65. The summed E-state index contributed by atoms with van der Waals surface area (Å²) in [6.45, 7) is 2.94. The number of pyridine rings is 1. The Bertz CT molecular complexity index is 1180. The second-order valence-corrected chi connectivity index (χ2v) is 8.02. The molecule has 1 aliphatic heterocycles. The first-order chi connectivity index (χ1) is 15.9. The molecule has 4 rings (SSSR count). The molecule has 1 aromatic heterocycles. The van der Waals surface area contributed by atoms with Crippen LogP contribution < -0.4 is 23.8 Å². The molecule has 3 aromatic rings. The van der Waals surface area contributed by atoms with Crippen LogP contribution in [0.1, 0.15) is 24.5 Å². The molecular formula is C25H29N3O5. The largest absolute Gasteiger partial charge is 0.496 e. The highest BCUT2D eigenvalue weighted by Crippen LogP contribution is 2.36. The third kappa shape index (κ3) is 4.46. The molecule has 2 aromatic carbocycles. The number of methoxy groups -OCH3 is 2. The molecule has 0 fully saturated rings. The van der Waals surface area contributed by atoms with Gasteiger partial charge in [0.1, 0.15) is 22.8 Å². The van der Waals surface area contributed by atoms with Crippen molar-refractivity contribution in [2.24, 2.45) is 0 Å². The number of fused-ring (bicyclic) bond motifs is 2. The van der Waals surface area contributed by atoms with Crippen LogP contribution in [0.3, 0.4) is 0 Å². The zero-order valence-corrected chi connectivity index (χ0v) is 19.7. The van der Waals surface area contributed by atoms with Gasteiger partial charge in [0.05, 0.1) is 14.2 Å². The first-order valence-electron chi connectivity index (χ1n) is 10.8. The smallest absolute Gasteiger partial charge is 0.231 e. The molecule has 1 amide bonds. The standard InChI is InChI=1S/C25H29N3O5/c1-6-23(29)28(13-16-7-8-20-22(11-16)33-15-32-20)14-17-12-18-19(30-4)9-10-21(31-5)24(18)26-25(17)27(2)3/h7-12H,6,13-15H2,1-5H3. The molecule has 0 radical (unpaired) electrons. The summed E-state index contributed by atoms with van der Waals surface area (Å²) < 4.78 is 22.0. The number of rotatable bonds is 8. The summed E-state index contributed by atoms with van der Waals surface area (Å²) >= 11 is 0. The zero-order chi connectivity index (χ0) is 23.5. The minimum absolute atomic E-state index is 0.0510. The lowest BCUT2D eigenvalue weighted by molar-refractivity contribution is -0.132. The van der Waals surface area contributed by atoms with Crippen molar-refractivity contribution in [2.75, 3.05) is 40.0 Å². The van der Waals surface area contributed by atoms with E-state index >= 15 is 0 Å². The average molecular weight is 452 g/mol. The molecule has 1 aliphatic rings. The molecule has 174 valence electrons. The number of carbonyl (C=O) groups excluding carboxylic acids is 1.